The fraction of sp³-hybridized carbons (Fsp3) is 0.926. The number of hydrogen-bond acceptors (Lipinski definition) is 3. The molecule has 3 heteroatoms. The summed E-state index contributed by atoms with van der Waals surface area (Å²) >= 11 is 0. The number of fused-ring (bicyclic) bond motifs is 4. The Labute approximate surface area is 184 Å². The summed E-state index contributed by atoms with van der Waals surface area (Å²) in [5, 5.41) is 30.8. The van der Waals surface area contributed by atoms with Crippen molar-refractivity contribution in [2.75, 3.05) is 6.61 Å². The maximum atomic E-state index is 11.3. The minimum atomic E-state index is -0.244. The largest absolute Gasteiger partial charge is 0.396 e. The molecule has 0 aromatic rings. The van der Waals surface area contributed by atoms with Gasteiger partial charge in [-0.25, -0.2) is 0 Å². The second-order valence-electron chi connectivity index (χ2n) is 12.2. The molecule has 0 saturated heterocycles. The van der Waals surface area contributed by atoms with Crippen molar-refractivity contribution in [3.05, 3.63) is 11.1 Å². The predicted molar refractivity (Wildman–Crippen MR) is 122 cm³/mol. The zero-order chi connectivity index (χ0) is 21.7. The van der Waals surface area contributed by atoms with Crippen LogP contribution in [0.5, 0.6) is 0 Å². The van der Waals surface area contributed by atoms with Gasteiger partial charge in [0.25, 0.3) is 0 Å². The van der Waals surface area contributed by atoms with Gasteiger partial charge >= 0.3 is 0 Å². The first kappa shape index (κ1) is 22.8. The Bertz CT molecular complexity index is 656. The minimum Gasteiger partial charge on any atom is -0.396 e. The lowest BCUT2D eigenvalue weighted by Gasteiger charge is -2.56. The highest BCUT2D eigenvalue weighted by Crippen LogP contribution is 2.65. The number of allylic oxidation sites excluding steroid dienone is 1. The Hall–Kier alpha value is -0.380. The van der Waals surface area contributed by atoms with Crippen LogP contribution in [0.4, 0.5) is 0 Å². The minimum absolute atomic E-state index is 0.0954. The molecular formula is C27H46O3. The maximum Gasteiger partial charge on any atom is 0.0761 e. The van der Waals surface area contributed by atoms with Gasteiger partial charge in [-0.2, -0.15) is 0 Å². The zero-order valence-electron chi connectivity index (χ0n) is 19.9. The molecule has 9 atom stereocenters. The van der Waals surface area contributed by atoms with Crippen LogP contribution in [0.1, 0.15) is 98.3 Å². The van der Waals surface area contributed by atoms with E-state index in [1.165, 1.54) is 37.7 Å². The van der Waals surface area contributed by atoms with Gasteiger partial charge in [-0.15, -0.1) is 0 Å². The van der Waals surface area contributed by atoms with Crippen molar-refractivity contribution in [2.45, 2.75) is 111 Å². The van der Waals surface area contributed by atoms with Crippen LogP contribution in [0.15, 0.2) is 11.1 Å². The van der Waals surface area contributed by atoms with E-state index in [1.807, 2.05) is 0 Å². The summed E-state index contributed by atoms with van der Waals surface area (Å²) in [6.45, 7) is 9.81. The monoisotopic (exact) mass is 418 g/mol. The van der Waals surface area contributed by atoms with Crippen molar-refractivity contribution in [3.63, 3.8) is 0 Å². The van der Waals surface area contributed by atoms with Gasteiger partial charge < -0.3 is 15.3 Å². The molecule has 30 heavy (non-hydrogen) atoms. The van der Waals surface area contributed by atoms with Crippen LogP contribution in [-0.2, 0) is 0 Å². The number of rotatable bonds is 6. The Kier molecular flexibility index (Phi) is 6.48. The van der Waals surface area contributed by atoms with E-state index in [9.17, 15) is 15.3 Å². The summed E-state index contributed by atoms with van der Waals surface area (Å²) in [6, 6.07) is 0. The molecule has 172 valence electrons. The Morgan fingerprint density at radius 3 is 2.50 bits per heavy atom. The van der Waals surface area contributed by atoms with E-state index >= 15 is 0 Å². The third-order valence-electron chi connectivity index (χ3n) is 10.4. The van der Waals surface area contributed by atoms with E-state index < -0.39 is 0 Å². The smallest absolute Gasteiger partial charge is 0.0761 e. The SMILES string of the molecule is CC(CO)CCCC(C)C1CC(O)C2=C3CCC4CC(O)CCC4(C)C3CCC21C. The van der Waals surface area contributed by atoms with Gasteiger partial charge in [-0.1, -0.05) is 46.1 Å². The molecule has 9 unspecified atom stereocenters. The molecule has 0 amide bonds. The van der Waals surface area contributed by atoms with E-state index in [0.29, 0.717) is 41.6 Å². The quantitative estimate of drug-likeness (QED) is 0.501. The first-order chi connectivity index (χ1) is 14.2. The number of aliphatic hydroxyl groups is 3. The van der Waals surface area contributed by atoms with Crippen molar-refractivity contribution in [3.8, 4) is 0 Å². The van der Waals surface area contributed by atoms with Crippen LogP contribution in [0.2, 0.25) is 0 Å². The molecule has 0 aliphatic heterocycles. The fourth-order valence-electron chi connectivity index (χ4n) is 8.52. The lowest BCUT2D eigenvalue weighted by atomic mass is 9.48. The average Bonchev–Trinajstić information content (AvgIpc) is 2.99. The summed E-state index contributed by atoms with van der Waals surface area (Å²) in [7, 11) is 0. The standard InChI is InChI=1S/C27H46O3/c1-17(16-28)6-5-7-18(2)23-15-24(30)25-21-9-8-19-14-20(29)10-12-26(19,3)22(21)11-13-27(23,25)4/h17-20,22-24,28-30H,5-16H2,1-4H3. The molecule has 3 nitrogen and oxygen atoms in total. The van der Waals surface area contributed by atoms with Gasteiger partial charge in [0.1, 0.15) is 0 Å². The summed E-state index contributed by atoms with van der Waals surface area (Å²) in [4.78, 5) is 0. The molecule has 0 heterocycles. The second kappa shape index (κ2) is 8.52. The molecule has 0 spiro atoms. The van der Waals surface area contributed by atoms with Gasteiger partial charge in [0.2, 0.25) is 0 Å². The van der Waals surface area contributed by atoms with E-state index in [2.05, 4.69) is 27.7 Å². The summed E-state index contributed by atoms with van der Waals surface area (Å²) < 4.78 is 0. The Morgan fingerprint density at radius 2 is 1.77 bits per heavy atom. The summed E-state index contributed by atoms with van der Waals surface area (Å²) in [6.07, 6.45) is 12.0. The second-order valence-corrected chi connectivity index (χ2v) is 12.2. The first-order valence-electron chi connectivity index (χ1n) is 12.9. The predicted octanol–water partition coefficient (Wildman–Crippen LogP) is 5.48. The maximum absolute atomic E-state index is 11.3. The Morgan fingerprint density at radius 1 is 1.00 bits per heavy atom. The summed E-state index contributed by atoms with van der Waals surface area (Å²) in [5.41, 5.74) is 3.58. The normalized spacial score (nSPS) is 45.5. The molecular weight excluding hydrogens is 372 g/mol. The van der Waals surface area contributed by atoms with Crippen LogP contribution < -0.4 is 0 Å². The molecule has 4 aliphatic carbocycles. The van der Waals surface area contributed by atoms with E-state index in [4.69, 9.17) is 0 Å². The van der Waals surface area contributed by atoms with Gasteiger partial charge in [0, 0.05) is 6.61 Å². The van der Waals surface area contributed by atoms with Crippen LogP contribution in [0.25, 0.3) is 0 Å². The molecule has 0 aromatic carbocycles. The number of aliphatic hydroxyl groups excluding tert-OH is 3. The lowest BCUT2D eigenvalue weighted by Crippen LogP contribution is -2.48. The third-order valence-corrected chi connectivity index (χ3v) is 10.4. The highest BCUT2D eigenvalue weighted by atomic mass is 16.3. The van der Waals surface area contributed by atoms with Gasteiger partial charge in [-0.05, 0) is 104 Å². The first-order valence-corrected chi connectivity index (χ1v) is 12.9. The average molecular weight is 419 g/mol. The van der Waals surface area contributed by atoms with Crippen molar-refractivity contribution < 1.29 is 15.3 Å². The highest BCUT2D eigenvalue weighted by molar-refractivity contribution is 5.37. The Balaban J connectivity index is 1.55. The van der Waals surface area contributed by atoms with Gasteiger partial charge in [0.05, 0.1) is 12.2 Å². The van der Waals surface area contributed by atoms with Gasteiger partial charge in [-0.3, -0.25) is 0 Å². The van der Waals surface area contributed by atoms with Crippen molar-refractivity contribution in [1.82, 2.24) is 0 Å². The number of hydrogen-bond donors (Lipinski definition) is 3. The lowest BCUT2D eigenvalue weighted by molar-refractivity contribution is -0.0386. The van der Waals surface area contributed by atoms with Gasteiger partial charge in [0.15, 0.2) is 0 Å². The third kappa shape index (κ3) is 3.71. The van der Waals surface area contributed by atoms with Crippen molar-refractivity contribution in [1.29, 1.82) is 0 Å². The molecule has 3 saturated carbocycles. The molecule has 0 radical (unpaired) electrons. The molecule has 3 fully saturated rings. The van der Waals surface area contributed by atoms with E-state index in [1.54, 1.807) is 5.57 Å². The highest BCUT2D eigenvalue weighted by Gasteiger charge is 2.57. The van der Waals surface area contributed by atoms with Crippen LogP contribution in [0, 0.1) is 40.4 Å². The van der Waals surface area contributed by atoms with Crippen LogP contribution in [0.3, 0.4) is 0 Å². The summed E-state index contributed by atoms with van der Waals surface area (Å²) in [5.74, 6) is 2.89. The van der Waals surface area contributed by atoms with Crippen molar-refractivity contribution >= 4 is 0 Å². The fourth-order valence-corrected chi connectivity index (χ4v) is 8.52. The van der Waals surface area contributed by atoms with Crippen LogP contribution >= 0.6 is 0 Å². The van der Waals surface area contributed by atoms with Crippen molar-refractivity contribution in [2.24, 2.45) is 40.4 Å². The molecule has 4 aliphatic rings. The topological polar surface area (TPSA) is 60.7 Å². The molecule has 0 bridgehead atoms. The molecule has 3 N–H and O–H groups in total. The zero-order valence-corrected chi connectivity index (χ0v) is 19.9. The van der Waals surface area contributed by atoms with E-state index in [-0.39, 0.29) is 17.6 Å². The molecule has 0 aromatic heterocycles. The van der Waals surface area contributed by atoms with E-state index in [0.717, 1.165) is 38.5 Å². The molecule has 4 rings (SSSR count). The van der Waals surface area contributed by atoms with Crippen LogP contribution in [-0.4, -0.2) is 34.1 Å².